The second kappa shape index (κ2) is 10.1. The molecular formula is C16H24FN3OS. The smallest absolute Gasteiger partial charge is 0.272 e. The first-order valence-corrected chi connectivity index (χ1v) is 8.08. The van der Waals surface area contributed by atoms with E-state index in [1.807, 2.05) is 0 Å². The number of carbonyl (C=O) groups excluding carboxylic acids is 1. The zero-order valence-electron chi connectivity index (χ0n) is 13.1. The number of halogens is 1. The molecular weight excluding hydrogens is 301 g/mol. The molecule has 0 unspecified atom stereocenters. The van der Waals surface area contributed by atoms with E-state index in [4.69, 9.17) is 12.2 Å². The molecule has 0 radical (unpaired) electrons. The lowest BCUT2D eigenvalue weighted by Gasteiger charge is -2.17. The summed E-state index contributed by atoms with van der Waals surface area (Å²) in [4.78, 5) is 11.8. The number of benzene rings is 1. The highest BCUT2D eigenvalue weighted by Gasteiger charge is 2.11. The van der Waals surface area contributed by atoms with Crippen LogP contribution in [0.1, 0.15) is 49.9 Å². The van der Waals surface area contributed by atoms with E-state index in [0.29, 0.717) is 11.0 Å². The third-order valence-corrected chi connectivity index (χ3v) is 3.75. The Hall–Kier alpha value is -1.69. The Morgan fingerprint density at radius 1 is 1.27 bits per heavy atom. The highest BCUT2D eigenvalue weighted by atomic mass is 32.1. The van der Waals surface area contributed by atoms with E-state index < -0.39 is 11.7 Å². The average molecular weight is 325 g/mol. The van der Waals surface area contributed by atoms with Crippen LogP contribution >= 0.6 is 12.2 Å². The maximum absolute atomic E-state index is 13.4. The van der Waals surface area contributed by atoms with Gasteiger partial charge in [0.25, 0.3) is 5.91 Å². The van der Waals surface area contributed by atoms with Crippen molar-refractivity contribution in [1.82, 2.24) is 16.2 Å². The van der Waals surface area contributed by atoms with E-state index >= 15 is 0 Å². The number of amides is 1. The summed E-state index contributed by atoms with van der Waals surface area (Å²) < 4.78 is 13.4. The molecule has 0 aliphatic rings. The quantitative estimate of drug-likeness (QED) is 0.532. The maximum atomic E-state index is 13.4. The number of hydrogen-bond acceptors (Lipinski definition) is 2. The normalized spacial score (nSPS) is 11.6. The molecule has 0 saturated heterocycles. The molecule has 0 aliphatic carbocycles. The van der Waals surface area contributed by atoms with Gasteiger partial charge >= 0.3 is 0 Å². The van der Waals surface area contributed by atoms with Crippen LogP contribution in [0.25, 0.3) is 0 Å². The van der Waals surface area contributed by atoms with Gasteiger partial charge < -0.3 is 5.32 Å². The van der Waals surface area contributed by atoms with Crippen LogP contribution in [0.2, 0.25) is 0 Å². The number of hydrogen-bond donors (Lipinski definition) is 3. The minimum absolute atomic E-state index is 0.0211. The van der Waals surface area contributed by atoms with Gasteiger partial charge in [-0.3, -0.25) is 15.6 Å². The van der Waals surface area contributed by atoms with E-state index in [9.17, 15) is 9.18 Å². The first-order valence-electron chi connectivity index (χ1n) is 7.67. The SMILES string of the molecule is CCCC[C@H](CC)CNC(=S)NNC(=O)c1ccccc1F. The van der Waals surface area contributed by atoms with Crippen LogP contribution in [0.15, 0.2) is 24.3 Å². The highest BCUT2D eigenvalue weighted by molar-refractivity contribution is 7.80. The van der Waals surface area contributed by atoms with Crippen molar-refractivity contribution in [3.63, 3.8) is 0 Å². The summed E-state index contributed by atoms with van der Waals surface area (Å²) in [5.41, 5.74) is 4.97. The van der Waals surface area contributed by atoms with Gasteiger partial charge in [0.05, 0.1) is 5.56 Å². The second-order valence-corrected chi connectivity index (χ2v) is 5.59. The molecule has 6 heteroatoms. The molecule has 0 fully saturated rings. The molecule has 0 aromatic heterocycles. The molecule has 0 saturated carbocycles. The summed E-state index contributed by atoms with van der Waals surface area (Å²) in [6.45, 7) is 5.08. The van der Waals surface area contributed by atoms with Crippen molar-refractivity contribution in [2.45, 2.75) is 39.5 Å². The Labute approximate surface area is 136 Å². The molecule has 122 valence electrons. The van der Waals surface area contributed by atoms with Crippen molar-refractivity contribution in [2.24, 2.45) is 5.92 Å². The largest absolute Gasteiger partial charge is 0.361 e. The summed E-state index contributed by atoms with van der Waals surface area (Å²) in [5, 5.41) is 3.41. The lowest BCUT2D eigenvalue weighted by molar-refractivity contribution is 0.0939. The van der Waals surface area contributed by atoms with E-state index in [1.54, 1.807) is 6.07 Å². The first kappa shape index (κ1) is 18.4. The van der Waals surface area contributed by atoms with Crippen molar-refractivity contribution < 1.29 is 9.18 Å². The van der Waals surface area contributed by atoms with E-state index in [-0.39, 0.29) is 5.56 Å². The second-order valence-electron chi connectivity index (χ2n) is 5.19. The molecule has 0 bridgehead atoms. The van der Waals surface area contributed by atoms with Gasteiger partial charge in [0.15, 0.2) is 5.11 Å². The molecule has 3 N–H and O–H groups in total. The molecule has 1 aromatic rings. The third-order valence-electron chi connectivity index (χ3n) is 3.50. The Kier molecular flexibility index (Phi) is 8.43. The van der Waals surface area contributed by atoms with Gasteiger partial charge in [-0.2, -0.15) is 0 Å². The molecule has 1 aromatic carbocycles. The zero-order chi connectivity index (χ0) is 16.4. The van der Waals surface area contributed by atoms with Crippen LogP contribution in [-0.2, 0) is 0 Å². The van der Waals surface area contributed by atoms with Crippen LogP contribution in [0, 0.1) is 11.7 Å². The van der Waals surface area contributed by atoms with Crippen molar-refractivity contribution in [3.8, 4) is 0 Å². The fourth-order valence-electron chi connectivity index (χ4n) is 2.05. The number of nitrogens with one attached hydrogen (secondary N) is 3. The zero-order valence-corrected chi connectivity index (χ0v) is 13.9. The van der Waals surface area contributed by atoms with Crippen molar-refractivity contribution in [2.75, 3.05) is 6.54 Å². The molecule has 4 nitrogen and oxygen atoms in total. The monoisotopic (exact) mass is 325 g/mol. The summed E-state index contributed by atoms with van der Waals surface area (Å²) in [7, 11) is 0. The van der Waals surface area contributed by atoms with Crippen LogP contribution < -0.4 is 16.2 Å². The van der Waals surface area contributed by atoms with Crippen LogP contribution in [-0.4, -0.2) is 17.6 Å². The molecule has 1 rings (SSSR count). The van der Waals surface area contributed by atoms with Gasteiger partial charge in [-0.15, -0.1) is 0 Å². The van der Waals surface area contributed by atoms with Crippen LogP contribution in [0.4, 0.5) is 4.39 Å². The number of carbonyl (C=O) groups is 1. The van der Waals surface area contributed by atoms with E-state index in [0.717, 1.165) is 19.4 Å². The van der Waals surface area contributed by atoms with Gasteiger partial charge in [-0.25, -0.2) is 4.39 Å². The minimum atomic E-state index is -0.564. The van der Waals surface area contributed by atoms with Crippen molar-refractivity contribution >= 4 is 23.2 Å². The first-order chi connectivity index (χ1) is 10.6. The van der Waals surface area contributed by atoms with Crippen molar-refractivity contribution in [3.05, 3.63) is 35.6 Å². The molecule has 1 amide bonds. The summed E-state index contributed by atoms with van der Waals surface area (Å²) in [5.74, 6) is -0.562. The van der Waals surface area contributed by atoms with E-state index in [1.165, 1.54) is 31.0 Å². The van der Waals surface area contributed by atoms with Gasteiger partial charge in [-0.1, -0.05) is 45.2 Å². The number of rotatable bonds is 7. The van der Waals surface area contributed by atoms with Gasteiger partial charge in [-0.05, 0) is 36.7 Å². The van der Waals surface area contributed by atoms with Gasteiger partial charge in [0, 0.05) is 6.54 Å². The fourth-order valence-corrected chi connectivity index (χ4v) is 2.19. The lowest BCUT2D eigenvalue weighted by atomic mass is 9.99. The Morgan fingerprint density at radius 2 is 2.00 bits per heavy atom. The standard InChI is InChI=1S/C16H24FN3OS/c1-3-5-8-12(4-2)11-18-16(22)20-19-15(21)13-9-6-7-10-14(13)17/h6-7,9-10,12H,3-5,8,11H2,1-2H3,(H,19,21)(H2,18,20,22)/t12-/m0/s1. The molecule has 1 atom stereocenters. The summed E-state index contributed by atoms with van der Waals surface area (Å²) in [6.07, 6.45) is 4.61. The Bertz CT molecular complexity index is 496. The van der Waals surface area contributed by atoms with E-state index in [2.05, 4.69) is 30.0 Å². The summed E-state index contributed by atoms with van der Waals surface area (Å²) >= 11 is 5.10. The van der Waals surface area contributed by atoms with Crippen LogP contribution in [0.5, 0.6) is 0 Å². The molecule has 0 aliphatic heterocycles. The van der Waals surface area contributed by atoms with Crippen molar-refractivity contribution in [1.29, 1.82) is 0 Å². The molecule has 0 spiro atoms. The molecule has 22 heavy (non-hydrogen) atoms. The highest BCUT2D eigenvalue weighted by Crippen LogP contribution is 2.11. The predicted octanol–water partition coefficient (Wildman–Crippen LogP) is 3.15. The number of thiocarbonyl (C=S) groups is 1. The lowest BCUT2D eigenvalue weighted by Crippen LogP contribution is -2.47. The van der Waals surface area contributed by atoms with Gasteiger partial charge in [0.2, 0.25) is 0 Å². The topological polar surface area (TPSA) is 53.2 Å². The fraction of sp³-hybridized carbons (Fsp3) is 0.500. The number of hydrazine groups is 1. The number of unbranched alkanes of at least 4 members (excludes halogenated alkanes) is 1. The van der Waals surface area contributed by atoms with Gasteiger partial charge in [0.1, 0.15) is 5.82 Å². The average Bonchev–Trinajstić information content (AvgIpc) is 2.53. The summed E-state index contributed by atoms with van der Waals surface area (Å²) in [6, 6.07) is 5.80. The molecule has 0 heterocycles. The third kappa shape index (κ3) is 6.39. The minimum Gasteiger partial charge on any atom is -0.361 e. The Morgan fingerprint density at radius 3 is 2.64 bits per heavy atom. The maximum Gasteiger partial charge on any atom is 0.272 e. The predicted molar refractivity (Wildman–Crippen MR) is 90.9 cm³/mol. The Balaban J connectivity index is 2.34. The van der Waals surface area contributed by atoms with Crippen LogP contribution in [0.3, 0.4) is 0 Å².